The van der Waals surface area contributed by atoms with E-state index in [0.717, 1.165) is 5.92 Å². The summed E-state index contributed by atoms with van der Waals surface area (Å²) in [5.41, 5.74) is 0. The summed E-state index contributed by atoms with van der Waals surface area (Å²) in [6.45, 7) is 8.72. The molecular formula is C6H13Li. The van der Waals surface area contributed by atoms with Crippen molar-refractivity contribution in [1.82, 2.24) is 0 Å². The first-order chi connectivity index (χ1) is 2.64. The SMILES string of the molecule is C[C-](C)C(C)C.[Li+]. The fraction of sp³-hybridized carbons (Fsp3) is 0.833. The maximum absolute atomic E-state index is 2.20. The summed E-state index contributed by atoms with van der Waals surface area (Å²) in [4.78, 5) is 0. The minimum Gasteiger partial charge on any atom is -0.317 e. The van der Waals surface area contributed by atoms with E-state index in [1.165, 1.54) is 5.92 Å². The monoisotopic (exact) mass is 92.1 g/mol. The predicted octanol–water partition coefficient (Wildman–Crippen LogP) is -0.739. The van der Waals surface area contributed by atoms with Gasteiger partial charge >= 0.3 is 18.9 Å². The maximum atomic E-state index is 2.20. The zero-order valence-corrected chi connectivity index (χ0v) is 6.08. The second-order valence-corrected chi connectivity index (χ2v) is 2.23. The number of hydrogen-bond donors (Lipinski definition) is 0. The molecule has 0 aliphatic rings. The van der Waals surface area contributed by atoms with Crippen molar-refractivity contribution in [1.29, 1.82) is 0 Å². The smallest absolute Gasteiger partial charge is 0.317 e. The third-order valence-corrected chi connectivity index (χ3v) is 1.15. The van der Waals surface area contributed by atoms with Crippen LogP contribution in [-0.4, -0.2) is 0 Å². The molecule has 0 atom stereocenters. The molecule has 0 aliphatic carbocycles. The van der Waals surface area contributed by atoms with Gasteiger partial charge in [0, 0.05) is 0 Å². The summed E-state index contributed by atoms with van der Waals surface area (Å²) in [5.74, 6) is 2.28. The molecule has 0 unspecified atom stereocenters. The van der Waals surface area contributed by atoms with Crippen LogP contribution in [0.25, 0.3) is 0 Å². The van der Waals surface area contributed by atoms with Crippen LogP contribution in [0.5, 0.6) is 0 Å². The molecule has 0 N–H and O–H groups in total. The van der Waals surface area contributed by atoms with Crippen molar-refractivity contribution in [2.45, 2.75) is 27.7 Å². The van der Waals surface area contributed by atoms with E-state index >= 15 is 0 Å². The molecule has 0 aromatic carbocycles. The molecule has 1 heteroatoms. The first kappa shape index (κ1) is 10.6. The van der Waals surface area contributed by atoms with Gasteiger partial charge in [-0.1, -0.05) is 13.8 Å². The summed E-state index contributed by atoms with van der Waals surface area (Å²) in [6.07, 6.45) is 0. The van der Waals surface area contributed by atoms with Crippen molar-refractivity contribution in [2.24, 2.45) is 5.92 Å². The van der Waals surface area contributed by atoms with Crippen LogP contribution in [0.15, 0.2) is 0 Å². The zero-order chi connectivity index (χ0) is 5.15. The Kier molecular flexibility index (Phi) is 7.16. The molecule has 0 nitrogen and oxygen atoms in total. The molecule has 0 aliphatic heterocycles. The van der Waals surface area contributed by atoms with Crippen molar-refractivity contribution < 1.29 is 18.9 Å². The average molecular weight is 92.1 g/mol. The van der Waals surface area contributed by atoms with E-state index < -0.39 is 0 Å². The van der Waals surface area contributed by atoms with Crippen LogP contribution in [0.2, 0.25) is 0 Å². The van der Waals surface area contributed by atoms with Crippen LogP contribution < -0.4 is 18.9 Å². The summed E-state index contributed by atoms with van der Waals surface area (Å²) in [6, 6.07) is 0. The van der Waals surface area contributed by atoms with Crippen molar-refractivity contribution in [3.8, 4) is 0 Å². The standard InChI is InChI=1S/C6H13.Li/c1-5(2)6(3)4;/h5H,1-4H3;/q-1;+1. The van der Waals surface area contributed by atoms with Crippen LogP contribution >= 0.6 is 0 Å². The van der Waals surface area contributed by atoms with Crippen LogP contribution in [0, 0.1) is 11.8 Å². The number of hydrogen-bond acceptors (Lipinski definition) is 0. The summed E-state index contributed by atoms with van der Waals surface area (Å²) in [5, 5.41) is 0. The molecule has 38 valence electrons. The third-order valence-electron chi connectivity index (χ3n) is 1.15. The summed E-state index contributed by atoms with van der Waals surface area (Å²) in [7, 11) is 0. The molecule has 0 fully saturated rings. The second kappa shape index (κ2) is 4.75. The molecule has 0 aromatic rings. The van der Waals surface area contributed by atoms with E-state index in [4.69, 9.17) is 0 Å². The van der Waals surface area contributed by atoms with Gasteiger partial charge in [0.25, 0.3) is 0 Å². The predicted molar refractivity (Wildman–Crippen MR) is 29.4 cm³/mol. The van der Waals surface area contributed by atoms with Gasteiger partial charge in [0.15, 0.2) is 0 Å². The van der Waals surface area contributed by atoms with E-state index in [-0.39, 0.29) is 18.9 Å². The van der Waals surface area contributed by atoms with Gasteiger partial charge in [-0.05, 0) is 0 Å². The van der Waals surface area contributed by atoms with Crippen molar-refractivity contribution in [3.05, 3.63) is 5.92 Å². The van der Waals surface area contributed by atoms with Crippen LogP contribution in [0.3, 0.4) is 0 Å². The molecule has 0 spiro atoms. The van der Waals surface area contributed by atoms with E-state index in [9.17, 15) is 0 Å². The second-order valence-electron chi connectivity index (χ2n) is 2.23. The molecule has 0 saturated carbocycles. The zero-order valence-electron chi connectivity index (χ0n) is 6.08. The summed E-state index contributed by atoms with van der Waals surface area (Å²) < 4.78 is 0. The van der Waals surface area contributed by atoms with Gasteiger partial charge < -0.3 is 5.92 Å². The quantitative estimate of drug-likeness (QED) is 0.295. The summed E-state index contributed by atoms with van der Waals surface area (Å²) >= 11 is 0. The fourth-order valence-corrected chi connectivity index (χ4v) is 0. The molecule has 0 amide bonds. The molecular weight excluding hydrogens is 79.0 g/mol. The van der Waals surface area contributed by atoms with Gasteiger partial charge in [-0.15, -0.1) is 0 Å². The largest absolute Gasteiger partial charge is 1.00 e. The minimum absolute atomic E-state index is 0. The fourth-order valence-electron chi connectivity index (χ4n) is 0. The van der Waals surface area contributed by atoms with Crippen LogP contribution in [0.4, 0.5) is 0 Å². The molecule has 0 saturated heterocycles. The molecule has 0 bridgehead atoms. The molecule has 0 rings (SSSR count). The number of rotatable bonds is 1. The average Bonchev–Trinajstić information content (AvgIpc) is 1.36. The minimum atomic E-state index is 0. The van der Waals surface area contributed by atoms with Crippen LogP contribution in [-0.2, 0) is 0 Å². The first-order valence-corrected chi connectivity index (χ1v) is 2.44. The van der Waals surface area contributed by atoms with Gasteiger partial charge in [-0.2, -0.15) is 19.8 Å². The Morgan fingerprint density at radius 1 is 1.14 bits per heavy atom. The van der Waals surface area contributed by atoms with Gasteiger partial charge in [0.05, 0.1) is 0 Å². The normalized spacial score (nSPS) is 9.43. The van der Waals surface area contributed by atoms with Gasteiger partial charge in [0.1, 0.15) is 0 Å². The Labute approximate surface area is 58.9 Å². The van der Waals surface area contributed by atoms with E-state index in [1.54, 1.807) is 0 Å². The molecule has 7 heavy (non-hydrogen) atoms. The Hall–Kier alpha value is 0.597. The van der Waals surface area contributed by atoms with Gasteiger partial charge in [0.2, 0.25) is 0 Å². The third kappa shape index (κ3) is 6.60. The molecule has 0 heterocycles. The molecule has 0 aromatic heterocycles. The van der Waals surface area contributed by atoms with Gasteiger partial charge in [-0.25, -0.2) is 0 Å². The van der Waals surface area contributed by atoms with Crippen molar-refractivity contribution in [2.75, 3.05) is 0 Å². The Morgan fingerprint density at radius 2 is 1.29 bits per heavy atom. The Morgan fingerprint density at radius 3 is 1.29 bits per heavy atom. The maximum Gasteiger partial charge on any atom is 1.00 e. The van der Waals surface area contributed by atoms with E-state index in [2.05, 4.69) is 27.7 Å². The Bertz CT molecular complexity index is 25.2. The van der Waals surface area contributed by atoms with Crippen LogP contribution in [0.1, 0.15) is 27.7 Å². The van der Waals surface area contributed by atoms with Gasteiger partial charge in [-0.3, -0.25) is 0 Å². The molecule has 0 radical (unpaired) electrons. The Balaban J connectivity index is 0. The van der Waals surface area contributed by atoms with Crippen molar-refractivity contribution in [3.63, 3.8) is 0 Å². The van der Waals surface area contributed by atoms with E-state index in [0.29, 0.717) is 0 Å². The van der Waals surface area contributed by atoms with Crippen molar-refractivity contribution >= 4 is 0 Å². The van der Waals surface area contributed by atoms with E-state index in [1.807, 2.05) is 0 Å². The topological polar surface area (TPSA) is 0 Å². The first-order valence-electron chi connectivity index (χ1n) is 2.44.